The van der Waals surface area contributed by atoms with Crippen LogP contribution in [0.4, 0.5) is 17.6 Å². The molecule has 1 aromatic rings. The first-order chi connectivity index (χ1) is 9.28. The average Bonchev–Trinajstić information content (AvgIpc) is 2.41. The maximum Gasteiger partial charge on any atom is 0.267 e. The quantitative estimate of drug-likeness (QED) is 0.199. The van der Waals surface area contributed by atoms with Gasteiger partial charge in [0.2, 0.25) is 0 Å². The largest absolute Gasteiger partial charge is 0.381 e. The van der Waals surface area contributed by atoms with E-state index in [4.69, 9.17) is 10.2 Å². The Morgan fingerprint density at radius 1 is 1.00 bits per heavy atom. The summed E-state index contributed by atoms with van der Waals surface area (Å²) in [5.74, 6) is -8.58. The molecule has 8 heteroatoms. The van der Waals surface area contributed by atoms with Gasteiger partial charge >= 0.3 is 0 Å². The summed E-state index contributed by atoms with van der Waals surface area (Å²) < 4.78 is 56.5. The summed E-state index contributed by atoms with van der Waals surface area (Å²) >= 11 is 0. The Morgan fingerprint density at radius 3 is 2.25 bits per heavy atom. The third kappa shape index (κ3) is 4.55. The molecule has 0 heterocycles. The number of benzene rings is 1. The van der Waals surface area contributed by atoms with E-state index in [0.29, 0.717) is 25.3 Å². The second-order valence-corrected chi connectivity index (χ2v) is 4.88. The van der Waals surface area contributed by atoms with E-state index in [0.717, 1.165) is 0 Å². The van der Waals surface area contributed by atoms with Crippen molar-refractivity contribution in [1.82, 2.24) is 0 Å². The van der Waals surface area contributed by atoms with Crippen molar-refractivity contribution in [3.05, 3.63) is 34.9 Å². The van der Waals surface area contributed by atoms with Gasteiger partial charge in [-0.3, -0.25) is 0 Å². The molecule has 3 nitrogen and oxygen atoms in total. The summed E-state index contributed by atoms with van der Waals surface area (Å²) in [5, 5.41) is 18.3. The molecule has 114 valence electrons. The molecule has 0 atom stereocenters. The third-order valence-electron chi connectivity index (χ3n) is 2.95. The van der Waals surface area contributed by atoms with E-state index in [2.05, 4.69) is 4.43 Å². The van der Waals surface area contributed by atoms with E-state index in [9.17, 15) is 17.6 Å². The fourth-order valence-corrected chi connectivity index (χ4v) is 1.96. The van der Waals surface area contributed by atoms with Crippen LogP contribution in [0.15, 0.2) is 6.07 Å². The fraction of sp³-hybridized carbons (Fsp3) is 0.500. The second-order valence-electron chi connectivity index (χ2n) is 4.47. The van der Waals surface area contributed by atoms with Crippen molar-refractivity contribution >= 4 is 10.5 Å². The van der Waals surface area contributed by atoms with Gasteiger partial charge in [-0.15, -0.1) is 0 Å². The highest BCUT2D eigenvalue weighted by atomic mass is 28.2. The summed E-state index contributed by atoms with van der Waals surface area (Å²) in [7, 11) is 0.174. The highest BCUT2D eigenvalue weighted by Gasteiger charge is 2.21. The molecule has 0 spiro atoms. The Balaban J connectivity index is 2.47. The Kier molecular flexibility index (Phi) is 6.12. The molecule has 1 aromatic carbocycles. The number of unbranched alkanes of at least 4 members (excludes halogenated alkanes) is 2. The zero-order valence-corrected chi connectivity index (χ0v) is 12.9. The predicted octanol–water partition coefficient (Wildman–Crippen LogP) is 1.28. The van der Waals surface area contributed by atoms with Crippen molar-refractivity contribution in [3.63, 3.8) is 0 Å². The van der Waals surface area contributed by atoms with Crippen LogP contribution in [0.5, 0.6) is 0 Å². The van der Waals surface area contributed by atoms with Crippen molar-refractivity contribution in [1.29, 1.82) is 0 Å². The first-order valence-corrected chi connectivity index (χ1v) is 6.92. The van der Waals surface area contributed by atoms with Crippen LogP contribution in [0.2, 0.25) is 0 Å². The van der Waals surface area contributed by atoms with Gasteiger partial charge in [-0.1, -0.05) is 6.42 Å². The van der Waals surface area contributed by atoms with Crippen LogP contribution in [0.3, 0.4) is 0 Å². The summed E-state index contributed by atoms with van der Waals surface area (Å²) in [6.07, 6.45) is 1.27. The van der Waals surface area contributed by atoms with Crippen LogP contribution in [-0.4, -0.2) is 26.7 Å². The molecule has 0 aliphatic rings. The molecule has 0 aromatic heterocycles. The number of aliphatic hydroxyl groups is 2. The van der Waals surface area contributed by atoms with Crippen LogP contribution in [0.25, 0.3) is 0 Å². The van der Waals surface area contributed by atoms with Crippen LogP contribution < -0.4 is 0 Å². The van der Waals surface area contributed by atoms with Crippen LogP contribution in [0.1, 0.15) is 31.2 Å². The second kappa shape index (κ2) is 7.16. The predicted molar refractivity (Wildman–Crippen MR) is 66.6 cm³/mol. The first-order valence-electron chi connectivity index (χ1n) is 6.10. The molecule has 0 aliphatic carbocycles. The molecule has 0 aliphatic heterocycles. The van der Waals surface area contributed by atoms with Gasteiger partial charge < -0.3 is 14.6 Å². The van der Waals surface area contributed by atoms with Gasteiger partial charge in [-0.25, -0.2) is 17.6 Å². The molecule has 2 N–H and O–H groups in total. The van der Waals surface area contributed by atoms with E-state index >= 15 is 0 Å². The highest BCUT2D eigenvalue weighted by molar-refractivity contribution is 5.98. The van der Waals surface area contributed by atoms with Gasteiger partial charge in [0, 0.05) is 6.42 Å². The van der Waals surface area contributed by atoms with Crippen LogP contribution in [-0.2, 0) is 10.8 Å². The normalized spacial score (nSPS) is 12.1. The molecule has 0 saturated carbocycles. The van der Waals surface area contributed by atoms with E-state index < -0.39 is 29.2 Å². The van der Waals surface area contributed by atoms with Gasteiger partial charge in [0.05, 0.1) is 0 Å². The first kappa shape index (κ1) is 17.1. The van der Waals surface area contributed by atoms with Crippen molar-refractivity contribution in [2.24, 2.45) is 0 Å². The molecule has 1 rings (SSSR count). The molecule has 0 radical (unpaired) electrons. The Morgan fingerprint density at radius 2 is 1.65 bits per heavy atom. The number of rotatable bonds is 7. The van der Waals surface area contributed by atoms with E-state index in [1.54, 1.807) is 0 Å². The number of hydrogen-bond acceptors (Lipinski definition) is 3. The SMILES string of the molecule is OC(O)(CCCCCc1cc(F)c(F)c(F)c1F)O[SiH3]. The summed E-state index contributed by atoms with van der Waals surface area (Å²) in [6, 6.07) is 0.636. The van der Waals surface area contributed by atoms with Crippen LogP contribution in [0, 0.1) is 23.3 Å². The molecule has 0 amide bonds. The van der Waals surface area contributed by atoms with Gasteiger partial charge in [0.25, 0.3) is 5.97 Å². The third-order valence-corrected chi connectivity index (χ3v) is 3.61. The lowest BCUT2D eigenvalue weighted by Gasteiger charge is -2.19. The fourth-order valence-electron chi connectivity index (χ4n) is 1.75. The number of hydrogen-bond donors (Lipinski definition) is 2. The molecular weight excluding hydrogens is 296 g/mol. The van der Waals surface area contributed by atoms with Crippen LogP contribution >= 0.6 is 0 Å². The smallest absolute Gasteiger partial charge is 0.267 e. The van der Waals surface area contributed by atoms with E-state index in [1.807, 2.05) is 0 Å². The minimum atomic E-state index is -2.15. The maximum absolute atomic E-state index is 13.3. The Hall–Kier alpha value is -0.963. The number of aryl methyl sites for hydroxylation is 1. The minimum absolute atomic E-state index is 0.00881. The van der Waals surface area contributed by atoms with E-state index in [1.165, 1.54) is 0 Å². The minimum Gasteiger partial charge on any atom is -0.381 e. The van der Waals surface area contributed by atoms with Crippen molar-refractivity contribution in [3.8, 4) is 0 Å². The summed E-state index contributed by atoms with van der Waals surface area (Å²) in [4.78, 5) is 0. The number of halogens is 4. The van der Waals surface area contributed by atoms with Crippen molar-refractivity contribution < 1.29 is 32.2 Å². The lowest BCUT2D eigenvalue weighted by Crippen LogP contribution is -2.30. The molecule has 0 saturated heterocycles. The van der Waals surface area contributed by atoms with E-state index in [-0.39, 0.29) is 28.9 Å². The lowest BCUT2D eigenvalue weighted by atomic mass is 10.0. The van der Waals surface area contributed by atoms with Gasteiger partial charge in [-0.05, 0) is 30.9 Å². The zero-order valence-electron chi connectivity index (χ0n) is 10.9. The average molecular weight is 312 g/mol. The molecule has 20 heavy (non-hydrogen) atoms. The summed E-state index contributed by atoms with van der Waals surface area (Å²) in [6.45, 7) is 0. The monoisotopic (exact) mass is 312 g/mol. The Bertz CT molecular complexity index is 469. The molecule has 0 bridgehead atoms. The topological polar surface area (TPSA) is 49.7 Å². The maximum atomic E-state index is 13.3. The Labute approximate surface area is 116 Å². The standard InChI is InChI=1S/C12H16F4O3Si/c13-8-6-7(9(14)11(16)10(8)15)4-2-1-3-5-12(17,18)19-20/h6,17-18H,1-5H2,20H3. The van der Waals surface area contributed by atoms with Gasteiger partial charge in [0.15, 0.2) is 33.8 Å². The zero-order chi connectivity index (χ0) is 15.3. The lowest BCUT2D eigenvalue weighted by molar-refractivity contribution is -0.295. The van der Waals surface area contributed by atoms with Crippen molar-refractivity contribution in [2.45, 2.75) is 38.1 Å². The van der Waals surface area contributed by atoms with Crippen molar-refractivity contribution in [2.75, 3.05) is 0 Å². The summed E-state index contributed by atoms with van der Waals surface area (Å²) in [5.41, 5.74) is -0.236. The highest BCUT2D eigenvalue weighted by Crippen LogP contribution is 2.21. The van der Waals surface area contributed by atoms with Gasteiger partial charge in [0.1, 0.15) is 0 Å². The molecule has 0 unspecified atom stereocenters. The molecule has 0 fully saturated rings. The van der Waals surface area contributed by atoms with Gasteiger partial charge in [-0.2, -0.15) is 0 Å². The molecular formula is C12H16F4O3Si.